The van der Waals surface area contributed by atoms with E-state index in [1.54, 1.807) is 44.2 Å². The SMILES string of the molecule is COCn1cc(NC(=O)C(C)(C)n2cc(Cl)cn2)cn1. The van der Waals surface area contributed by atoms with Crippen molar-refractivity contribution in [2.24, 2.45) is 0 Å². The number of carbonyl (C=O) groups excluding carboxylic acids is 1. The Bertz CT molecular complexity index is 605. The second kappa shape index (κ2) is 5.64. The topological polar surface area (TPSA) is 74.0 Å². The van der Waals surface area contributed by atoms with Crippen LogP contribution in [0.4, 0.5) is 5.69 Å². The van der Waals surface area contributed by atoms with E-state index in [0.717, 1.165) is 0 Å². The number of nitrogens with one attached hydrogen (secondary N) is 1. The van der Waals surface area contributed by atoms with E-state index < -0.39 is 5.54 Å². The standard InChI is InChI=1S/C12H16ClN5O2/c1-12(2,18-6-9(13)4-15-18)11(19)16-10-5-14-17(7-10)8-20-3/h4-7H,8H2,1-3H3,(H,16,19). The lowest BCUT2D eigenvalue weighted by atomic mass is 10.1. The average molecular weight is 298 g/mol. The van der Waals surface area contributed by atoms with Gasteiger partial charge in [0.05, 0.1) is 29.3 Å². The molecule has 2 aromatic rings. The molecule has 0 atom stereocenters. The minimum atomic E-state index is -0.865. The Kier molecular flexibility index (Phi) is 4.10. The molecule has 0 fully saturated rings. The van der Waals surface area contributed by atoms with E-state index in [0.29, 0.717) is 17.4 Å². The summed E-state index contributed by atoms with van der Waals surface area (Å²) in [6, 6.07) is 0. The summed E-state index contributed by atoms with van der Waals surface area (Å²) >= 11 is 5.83. The van der Waals surface area contributed by atoms with Crippen molar-refractivity contribution in [1.29, 1.82) is 0 Å². The Morgan fingerprint density at radius 3 is 2.75 bits per heavy atom. The van der Waals surface area contributed by atoms with Crippen LogP contribution in [-0.2, 0) is 21.8 Å². The van der Waals surface area contributed by atoms with E-state index in [9.17, 15) is 4.79 Å². The maximum atomic E-state index is 12.3. The summed E-state index contributed by atoms with van der Waals surface area (Å²) in [5, 5.41) is 11.4. The van der Waals surface area contributed by atoms with Crippen molar-refractivity contribution in [3.8, 4) is 0 Å². The van der Waals surface area contributed by atoms with Gasteiger partial charge >= 0.3 is 0 Å². The number of hydrogen-bond acceptors (Lipinski definition) is 4. The van der Waals surface area contributed by atoms with Gasteiger partial charge in [-0.1, -0.05) is 11.6 Å². The Morgan fingerprint density at radius 2 is 2.15 bits per heavy atom. The summed E-state index contributed by atoms with van der Waals surface area (Å²) in [4.78, 5) is 12.3. The van der Waals surface area contributed by atoms with Gasteiger partial charge in [-0.3, -0.25) is 9.48 Å². The number of amides is 1. The normalized spacial score (nSPS) is 11.6. The van der Waals surface area contributed by atoms with Crippen molar-refractivity contribution in [2.45, 2.75) is 26.1 Å². The molecule has 108 valence electrons. The molecule has 0 unspecified atom stereocenters. The van der Waals surface area contributed by atoms with Gasteiger partial charge in [-0.2, -0.15) is 10.2 Å². The van der Waals surface area contributed by atoms with Gasteiger partial charge < -0.3 is 10.1 Å². The zero-order chi connectivity index (χ0) is 14.8. The summed E-state index contributed by atoms with van der Waals surface area (Å²) < 4.78 is 8.04. The number of halogens is 1. The van der Waals surface area contributed by atoms with Crippen LogP contribution in [0.5, 0.6) is 0 Å². The minimum absolute atomic E-state index is 0.214. The molecule has 0 saturated heterocycles. The predicted molar refractivity (Wildman–Crippen MR) is 74.4 cm³/mol. The number of aromatic nitrogens is 4. The second-order valence-electron chi connectivity index (χ2n) is 4.80. The van der Waals surface area contributed by atoms with E-state index >= 15 is 0 Å². The van der Waals surface area contributed by atoms with Crippen molar-refractivity contribution in [2.75, 3.05) is 12.4 Å². The van der Waals surface area contributed by atoms with Crippen LogP contribution in [0.1, 0.15) is 13.8 Å². The molecule has 8 heteroatoms. The monoisotopic (exact) mass is 297 g/mol. The van der Waals surface area contributed by atoms with Crippen LogP contribution in [0.2, 0.25) is 5.02 Å². The number of nitrogens with zero attached hydrogens (tertiary/aromatic N) is 4. The van der Waals surface area contributed by atoms with E-state index in [4.69, 9.17) is 16.3 Å². The lowest BCUT2D eigenvalue weighted by Gasteiger charge is -2.23. The zero-order valence-electron chi connectivity index (χ0n) is 11.5. The van der Waals surface area contributed by atoms with Crippen molar-refractivity contribution in [1.82, 2.24) is 19.6 Å². The van der Waals surface area contributed by atoms with Crippen molar-refractivity contribution in [3.05, 3.63) is 29.8 Å². The molecule has 1 amide bonds. The number of hydrogen-bond donors (Lipinski definition) is 1. The Hall–Kier alpha value is -1.86. The highest BCUT2D eigenvalue weighted by atomic mass is 35.5. The third kappa shape index (κ3) is 3.00. The number of rotatable bonds is 5. The van der Waals surface area contributed by atoms with Gasteiger partial charge in [0.2, 0.25) is 0 Å². The molecule has 7 nitrogen and oxygen atoms in total. The van der Waals surface area contributed by atoms with Crippen LogP contribution in [0, 0.1) is 0 Å². The molecule has 0 aliphatic carbocycles. The molecule has 0 saturated carbocycles. The molecule has 0 aliphatic heterocycles. The fourth-order valence-electron chi connectivity index (χ4n) is 1.63. The van der Waals surface area contributed by atoms with Crippen LogP contribution in [0.25, 0.3) is 0 Å². The molecule has 0 spiro atoms. The quantitative estimate of drug-likeness (QED) is 0.912. The van der Waals surface area contributed by atoms with Crippen LogP contribution < -0.4 is 5.32 Å². The minimum Gasteiger partial charge on any atom is -0.362 e. The van der Waals surface area contributed by atoms with E-state index in [2.05, 4.69) is 15.5 Å². The smallest absolute Gasteiger partial charge is 0.251 e. The highest BCUT2D eigenvalue weighted by molar-refractivity contribution is 6.30. The predicted octanol–water partition coefficient (Wildman–Crippen LogP) is 1.71. The third-order valence-corrected chi connectivity index (χ3v) is 3.03. The summed E-state index contributed by atoms with van der Waals surface area (Å²) in [7, 11) is 1.57. The second-order valence-corrected chi connectivity index (χ2v) is 5.24. The van der Waals surface area contributed by atoms with E-state index in [1.165, 1.54) is 10.9 Å². The molecular formula is C12H16ClN5O2. The van der Waals surface area contributed by atoms with Crippen LogP contribution in [-0.4, -0.2) is 32.6 Å². The fourth-order valence-corrected chi connectivity index (χ4v) is 1.76. The largest absolute Gasteiger partial charge is 0.362 e. The van der Waals surface area contributed by atoms with Gasteiger partial charge in [-0.25, -0.2) is 4.68 Å². The molecule has 20 heavy (non-hydrogen) atoms. The molecule has 2 rings (SSSR count). The van der Waals surface area contributed by atoms with E-state index in [1.807, 2.05) is 0 Å². The summed E-state index contributed by atoms with van der Waals surface area (Å²) in [6.45, 7) is 3.84. The third-order valence-electron chi connectivity index (χ3n) is 2.83. The number of methoxy groups -OCH3 is 1. The lowest BCUT2D eigenvalue weighted by molar-refractivity contribution is -0.123. The molecular weight excluding hydrogens is 282 g/mol. The molecule has 0 radical (unpaired) electrons. The van der Waals surface area contributed by atoms with Crippen LogP contribution in [0.15, 0.2) is 24.8 Å². The number of carbonyl (C=O) groups is 1. The highest BCUT2D eigenvalue weighted by Gasteiger charge is 2.30. The first-order valence-corrected chi connectivity index (χ1v) is 6.35. The summed E-state index contributed by atoms with van der Waals surface area (Å²) in [6.07, 6.45) is 6.35. The van der Waals surface area contributed by atoms with Gasteiger partial charge in [0.15, 0.2) is 0 Å². The molecule has 1 N–H and O–H groups in total. The Morgan fingerprint density at radius 1 is 1.40 bits per heavy atom. The van der Waals surface area contributed by atoms with Gasteiger partial charge in [-0.15, -0.1) is 0 Å². The molecule has 0 bridgehead atoms. The first-order valence-electron chi connectivity index (χ1n) is 5.97. The first-order chi connectivity index (χ1) is 9.43. The summed E-state index contributed by atoms with van der Waals surface area (Å²) in [5.74, 6) is -0.214. The van der Waals surface area contributed by atoms with Gasteiger partial charge in [0, 0.05) is 13.3 Å². The van der Waals surface area contributed by atoms with Crippen molar-refractivity contribution < 1.29 is 9.53 Å². The molecule has 0 aliphatic rings. The van der Waals surface area contributed by atoms with Gasteiger partial charge in [0.25, 0.3) is 5.91 Å². The molecule has 2 heterocycles. The first kappa shape index (κ1) is 14.5. The van der Waals surface area contributed by atoms with Crippen molar-refractivity contribution in [3.63, 3.8) is 0 Å². The van der Waals surface area contributed by atoms with Crippen LogP contribution in [0.3, 0.4) is 0 Å². The number of ether oxygens (including phenoxy) is 1. The average Bonchev–Trinajstić information content (AvgIpc) is 2.99. The number of anilines is 1. The fraction of sp³-hybridized carbons (Fsp3) is 0.417. The highest BCUT2D eigenvalue weighted by Crippen LogP contribution is 2.19. The molecule has 2 aromatic heterocycles. The lowest BCUT2D eigenvalue weighted by Crippen LogP contribution is -2.40. The van der Waals surface area contributed by atoms with Gasteiger partial charge in [0.1, 0.15) is 12.3 Å². The molecule has 0 aromatic carbocycles. The van der Waals surface area contributed by atoms with Gasteiger partial charge in [-0.05, 0) is 13.8 Å². The Balaban J connectivity index is 2.10. The zero-order valence-corrected chi connectivity index (χ0v) is 12.3. The van der Waals surface area contributed by atoms with Crippen LogP contribution >= 0.6 is 11.6 Å². The van der Waals surface area contributed by atoms with Crippen molar-refractivity contribution >= 4 is 23.2 Å². The Labute approximate surface area is 121 Å². The van der Waals surface area contributed by atoms with E-state index in [-0.39, 0.29) is 5.91 Å². The maximum Gasteiger partial charge on any atom is 0.251 e. The maximum absolute atomic E-state index is 12.3. The summed E-state index contributed by atoms with van der Waals surface area (Å²) in [5.41, 5.74) is -0.269.